The number of thiazole rings is 1. The van der Waals surface area contributed by atoms with Gasteiger partial charge in [0.25, 0.3) is 0 Å². The van der Waals surface area contributed by atoms with Gasteiger partial charge in [-0.25, -0.2) is 4.98 Å². The van der Waals surface area contributed by atoms with Gasteiger partial charge in [-0.2, -0.15) is 0 Å². The van der Waals surface area contributed by atoms with Gasteiger partial charge in [0.15, 0.2) is 10.1 Å². The van der Waals surface area contributed by atoms with Crippen LogP contribution in [0.1, 0.15) is 41.4 Å². The van der Waals surface area contributed by atoms with Crippen molar-refractivity contribution in [3.63, 3.8) is 0 Å². The summed E-state index contributed by atoms with van der Waals surface area (Å²) < 4.78 is 5.64. The molecule has 2 heterocycles. The van der Waals surface area contributed by atoms with Crippen molar-refractivity contribution >= 4 is 46.4 Å². The Labute approximate surface area is 159 Å². The van der Waals surface area contributed by atoms with E-state index in [1.807, 2.05) is 6.92 Å². The molecule has 0 unspecified atom stereocenters. The SMILES string of the molecule is CCOC(=O)Cc1csc(SCC(=O)c2ccc3c(c2)[C@@H](C)C(=O)N3)n1. The molecule has 8 heteroatoms. The zero-order valence-corrected chi connectivity index (χ0v) is 16.0. The molecular formula is C18H18N2O4S2. The monoisotopic (exact) mass is 390 g/mol. The Kier molecular flexibility index (Phi) is 5.73. The predicted molar refractivity (Wildman–Crippen MR) is 101 cm³/mol. The van der Waals surface area contributed by atoms with Crippen molar-refractivity contribution < 1.29 is 19.1 Å². The first-order valence-electron chi connectivity index (χ1n) is 8.18. The minimum atomic E-state index is -0.305. The van der Waals surface area contributed by atoms with Gasteiger partial charge in [-0.1, -0.05) is 11.8 Å². The number of thioether (sulfide) groups is 1. The standard InChI is InChI=1S/C18H18N2O4S2/c1-3-24-16(22)7-12-8-25-18(19-12)26-9-15(21)11-4-5-14-13(6-11)10(2)17(23)20-14/h4-6,8,10H,3,7,9H2,1-2H3,(H,20,23)/t10-/m1/s1. The summed E-state index contributed by atoms with van der Waals surface area (Å²) in [6, 6.07) is 5.29. The van der Waals surface area contributed by atoms with Crippen LogP contribution in [0.5, 0.6) is 0 Å². The number of ether oxygens (including phenoxy) is 1. The number of ketones is 1. The van der Waals surface area contributed by atoms with Crippen molar-refractivity contribution in [3.05, 3.63) is 40.4 Å². The molecule has 6 nitrogen and oxygen atoms in total. The molecule has 1 atom stereocenters. The maximum absolute atomic E-state index is 12.5. The van der Waals surface area contributed by atoms with Crippen LogP contribution in [0.3, 0.4) is 0 Å². The zero-order chi connectivity index (χ0) is 18.7. The molecule has 1 aliphatic rings. The molecule has 1 aliphatic heterocycles. The third-order valence-corrected chi connectivity index (χ3v) is 6.05. The molecular weight excluding hydrogens is 372 g/mol. The summed E-state index contributed by atoms with van der Waals surface area (Å²) in [6.45, 7) is 3.93. The Morgan fingerprint density at radius 2 is 2.19 bits per heavy atom. The Balaban J connectivity index is 1.59. The van der Waals surface area contributed by atoms with Gasteiger partial charge in [-0.05, 0) is 37.6 Å². The molecule has 1 aromatic carbocycles. The number of carbonyl (C=O) groups excluding carboxylic acids is 3. The summed E-state index contributed by atoms with van der Waals surface area (Å²) in [5.74, 6) is -0.362. The lowest BCUT2D eigenvalue weighted by Crippen LogP contribution is -2.08. The van der Waals surface area contributed by atoms with Crippen LogP contribution in [-0.2, 0) is 20.7 Å². The molecule has 0 spiro atoms. The smallest absolute Gasteiger partial charge is 0.311 e. The van der Waals surface area contributed by atoms with E-state index >= 15 is 0 Å². The highest BCUT2D eigenvalue weighted by Crippen LogP contribution is 2.33. The van der Waals surface area contributed by atoms with Gasteiger partial charge in [0.1, 0.15) is 0 Å². The first kappa shape index (κ1) is 18.6. The normalized spacial score (nSPS) is 15.5. The number of esters is 1. The van der Waals surface area contributed by atoms with Gasteiger partial charge in [-0.15, -0.1) is 11.3 Å². The molecule has 1 amide bonds. The summed E-state index contributed by atoms with van der Waals surface area (Å²) in [7, 11) is 0. The molecule has 0 saturated carbocycles. The Morgan fingerprint density at radius 3 is 2.96 bits per heavy atom. The summed E-state index contributed by atoms with van der Waals surface area (Å²) in [5, 5.41) is 4.60. The van der Waals surface area contributed by atoms with Crippen molar-refractivity contribution in [2.24, 2.45) is 0 Å². The number of fused-ring (bicyclic) bond motifs is 1. The number of carbonyl (C=O) groups is 3. The summed E-state index contributed by atoms with van der Waals surface area (Å²) in [4.78, 5) is 40.0. The molecule has 0 fully saturated rings. The highest BCUT2D eigenvalue weighted by molar-refractivity contribution is 8.01. The average molecular weight is 390 g/mol. The molecule has 1 aromatic heterocycles. The Hall–Kier alpha value is -2.19. The Bertz CT molecular complexity index is 863. The number of hydrogen-bond donors (Lipinski definition) is 1. The number of rotatable bonds is 7. The number of nitrogens with zero attached hydrogens (tertiary/aromatic N) is 1. The van der Waals surface area contributed by atoms with E-state index in [1.54, 1.807) is 30.5 Å². The number of amides is 1. The number of Topliss-reactive ketones (excluding diaryl/α,β-unsaturated/α-hetero) is 1. The molecule has 0 saturated heterocycles. The number of anilines is 1. The van der Waals surface area contributed by atoms with Gasteiger partial charge in [0.05, 0.1) is 30.4 Å². The topological polar surface area (TPSA) is 85.4 Å². The van der Waals surface area contributed by atoms with Gasteiger partial charge >= 0.3 is 5.97 Å². The van der Waals surface area contributed by atoms with E-state index in [9.17, 15) is 14.4 Å². The Morgan fingerprint density at radius 1 is 1.38 bits per heavy atom. The second-order valence-corrected chi connectivity index (χ2v) is 7.89. The van der Waals surface area contributed by atoms with Gasteiger partial charge < -0.3 is 10.1 Å². The van der Waals surface area contributed by atoms with Gasteiger partial charge in [0, 0.05) is 16.6 Å². The van der Waals surface area contributed by atoms with E-state index in [1.165, 1.54) is 23.1 Å². The van der Waals surface area contributed by atoms with Crippen LogP contribution in [0.15, 0.2) is 27.9 Å². The third kappa shape index (κ3) is 4.13. The van der Waals surface area contributed by atoms with Crippen LogP contribution in [0, 0.1) is 0 Å². The van der Waals surface area contributed by atoms with Crippen molar-refractivity contribution in [1.29, 1.82) is 0 Å². The minimum Gasteiger partial charge on any atom is -0.466 e. The fourth-order valence-electron chi connectivity index (χ4n) is 2.60. The molecule has 2 aromatic rings. The first-order chi connectivity index (χ1) is 12.5. The summed E-state index contributed by atoms with van der Waals surface area (Å²) in [6.07, 6.45) is 0.141. The maximum Gasteiger partial charge on any atom is 0.311 e. The van der Waals surface area contributed by atoms with Crippen LogP contribution in [0.2, 0.25) is 0 Å². The third-order valence-electron chi connectivity index (χ3n) is 3.98. The largest absolute Gasteiger partial charge is 0.466 e. The summed E-state index contributed by atoms with van der Waals surface area (Å²) >= 11 is 2.75. The van der Waals surface area contributed by atoms with E-state index in [-0.39, 0.29) is 35.8 Å². The molecule has 1 N–H and O–H groups in total. The van der Waals surface area contributed by atoms with Crippen LogP contribution >= 0.6 is 23.1 Å². The highest BCUT2D eigenvalue weighted by atomic mass is 32.2. The van der Waals surface area contributed by atoms with Crippen molar-refractivity contribution in [3.8, 4) is 0 Å². The fourth-order valence-corrected chi connectivity index (χ4v) is 4.34. The van der Waals surface area contributed by atoms with Crippen LogP contribution < -0.4 is 5.32 Å². The number of benzene rings is 1. The molecule has 0 radical (unpaired) electrons. The van der Waals surface area contributed by atoms with E-state index in [2.05, 4.69) is 10.3 Å². The lowest BCUT2D eigenvalue weighted by molar-refractivity contribution is -0.142. The molecule has 0 aliphatic carbocycles. The van der Waals surface area contributed by atoms with Crippen molar-refractivity contribution in [2.75, 3.05) is 17.7 Å². The molecule has 0 bridgehead atoms. The van der Waals surface area contributed by atoms with Gasteiger partial charge in [0.2, 0.25) is 5.91 Å². The zero-order valence-electron chi connectivity index (χ0n) is 14.4. The molecule has 26 heavy (non-hydrogen) atoms. The van der Waals surface area contributed by atoms with Crippen molar-refractivity contribution in [1.82, 2.24) is 4.98 Å². The minimum absolute atomic E-state index is 0.0218. The number of hydrogen-bond acceptors (Lipinski definition) is 7. The summed E-state index contributed by atoms with van der Waals surface area (Å²) in [5.41, 5.74) is 2.87. The highest BCUT2D eigenvalue weighted by Gasteiger charge is 2.27. The number of nitrogens with one attached hydrogen (secondary N) is 1. The van der Waals surface area contributed by atoms with E-state index in [4.69, 9.17) is 4.74 Å². The first-order valence-corrected chi connectivity index (χ1v) is 10.0. The second-order valence-electron chi connectivity index (χ2n) is 5.81. The van der Waals surface area contributed by atoms with E-state index in [0.717, 1.165) is 15.6 Å². The lowest BCUT2D eigenvalue weighted by Gasteiger charge is -2.05. The molecule has 3 rings (SSSR count). The molecule has 136 valence electrons. The number of aromatic nitrogens is 1. The van der Waals surface area contributed by atoms with Crippen LogP contribution in [-0.4, -0.2) is 35.0 Å². The van der Waals surface area contributed by atoms with Crippen LogP contribution in [0.4, 0.5) is 5.69 Å². The predicted octanol–water partition coefficient (Wildman–Crippen LogP) is 3.28. The van der Waals surface area contributed by atoms with E-state index < -0.39 is 0 Å². The maximum atomic E-state index is 12.5. The van der Waals surface area contributed by atoms with Crippen LogP contribution in [0.25, 0.3) is 0 Å². The second kappa shape index (κ2) is 8.01. The van der Waals surface area contributed by atoms with Gasteiger partial charge in [-0.3, -0.25) is 14.4 Å². The van der Waals surface area contributed by atoms with Crippen molar-refractivity contribution in [2.45, 2.75) is 30.5 Å². The fraction of sp³-hybridized carbons (Fsp3) is 0.333. The average Bonchev–Trinajstić information content (AvgIpc) is 3.17. The quantitative estimate of drug-likeness (QED) is 0.444. The van der Waals surface area contributed by atoms with E-state index in [0.29, 0.717) is 17.9 Å². The lowest BCUT2D eigenvalue weighted by atomic mass is 9.99.